The van der Waals surface area contributed by atoms with Crippen molar-refractivity contribution in [2.45, 2.75) is 23.8 Å². The lowest BCUT2D eigenvalue weighted by molar-refractivity contribution is 0.233. The Balaban J connectivity index is 1.26. The van der Waals surface area contributed by atoms with Crippen molar-refractivity contribution < 1.29 is 4.39 Å². The van der Waals surface area contributed by atoms with Crippen molar-refractivity contribution in [2.75, 3.05) is 56.5 Å². The van der Waals surface area contributed by atoms with Crippen molar-refractivity contribution in [2.24, 2.45) is 0 Å². The van der Waals surface area contributed by atoms with Crippen LogP contribution in [0.3, 0.4) is 0 Å². The van der Waals surface area contributed by atoms with Crippen LogP contribution in [0.5, 0.6) is 0 Å². The molecule has 2 aliphatic rings. The van der Waals surface area contributed by atoms with Gasteiger partial charge in [-0.05, 0) is 56.3 Å². The van der Waals surface area contributed by atoms with E-state index in [1.165, 1.54) is 0 Å². The van der Waals surface area contributed by atoms with Gasteiger partial charge in [0, 0.05) is 61.3 Å². The number of hydrogen-bond donors (Lipinski definition) is 2. The van der Waals surface area contributed by atoms with E-state index < -0.39 is 0 Å². The molecule has 2 fully saturated rings. The predicted octanol–water partition coefficient (Wildman–Crippen LogP) is 4.01. The third kappa shape index (κ3) is 4.53. The van der Waals surface area contributed by atoms with Crippen molar-refractivity contribution in [1.29, 1.82) is 0 Å². The van der Waals surface area contributed by atoms with E-state index in [9.17, 15) is 0 Å². The molecule has 170 valence electrons. The first-order valence-corrected chi connectivity index (χ1v) is 12.6. The summed E-state index contributed by atoms with van der Waals surface area (Å²) in [7, 11) is 1.82. The van der Waals surface area contributed by atoms with E-state index in [1.54, 1.807) is 6.07 Å². The molecular weight excluding hydrogens is 423 g/mol. The first-order chi connectivity index (χ1) is 15.6. The highest BCUT2D eigenvalue weighted by molar-refractivity contribution is 8.12. The number of hydrogen-bond acceptors (Lipinski definition) is 5. The standard InChI is InChI=1S/C24H31FN6S/c1-29-10-12-31(13-11-29)32(2)21-6-8-24(22(25)15-21)30-9-3-4-20(17-30)27-19-5-7-23-18(14-19)16-26-28-23/h5-8,14-16,20,27H,2-4,9-13,17H2,1H3,(H,26,28). The molecule has 0 radical (unpaired) electrons. The summed E-state index contributed by atoms with van der Waals surface area (Å²) >= 11 is 0. The monoisotopic (exact) mass is 454 g/mol. The Morgan fingerprint density at radius 3 is 2.78 bits per heavy atom. The molecule has 2 unspecified atom stereocenters. The van der Waals surface area contributed by atoms with Crippen LogP contribution in [0.25, 0.3) is 10.9 Å². The zero-order chi connectivity index (χ0) is 22.1. The topological polar surface area (TPSA) is 50.4 Å². The molecule has 0 bridgehead atoms. The van der Waals surface area contributed by atoms with Crippen LogP contribution in [0.4, 0.5) is 15.8 Å². The fourth-order valence-corrected chi connectivity index (χ4v) is 6.00. The molecular formula is C24H31FN6S. The van der Waals surface area contributed by atoms with E-state index in [0.29, 0.717) is 5.69 Å². The maximum atomic E-state index is 15.2. The maximum Gasteiger partial charge on any atom is 0.147 e. The number of aromatic amines is 1. The molecule has 2 N–H and O–H groups in total. The van der Waals surface area contributed by atoms with Crippen molar-refractivity contribution in [3.05, 3.63) is 48.4 Å². The van der Waals surface area contributed by atoms with Gasteiger partial charge in [-0.3, -0.25) is 9.40 Å². The van der Waals surface area contributed by atoms with Crippen LogP contribution in [0.2, 0.25) is 0 Å². The highest BCUT2D eigenvalue weighted by atomic mass is 32.2. The molecule has 0 aliphatic carbocycles. The lowest BCUT2D eigenvalue weighted by Gasteiger charge is -2.36. The summed E-state index contributed by atoms with van der Waals surface area (Å²) in [4.78, 5) is 5.48. The number of H-pyrrole nitrogens is 1. The maximum absolute atomic E-state index is 15.2. The molecule has 0 saturated carbocycles. The average molecular weight is 455 g/mol. The van der Waals surface area contributed by atoms with E-state index in [0.717, 1.165) is 73.6 Å². The van der Waals surface area contributed by atoms with Crippen LogP contribution >= 0.6 is 10.7 Å². The van der Waals surface area contributed by atoms with Crippen LogP contribution in [0.15, 0.2) is 47.5 Å². The van der Waals surface area contributed by atoms with Gasteiger partial charge < -0.3 is 15.1 Å². The lowest BCUT2D eigenvalue weighted by Crippen LogP contribution is -2.42. The van der Waals surface area contributed by atoms with Gasteiger partial charge in [-0.15, -0.1) is 0 Å². The van der Waals surface area contributed by atoms with E-state index >= 15 is 4.39 Å². The molecule has 6 nitrogen and oxygen atoms in total. The van der Waals surface area contributed by atoms with Gasteiger partial charge in [0.05, 0.1) is 17.4 Å². The summed E-state index contributed by atoms with van der Waals surface area (Å²) < 4.78 is 17.6. The summed E-state index contributed by atoms with van der Waals surface area (Å²) in [6.45, 7) is 5.70. The average Bonchev–Trinajstić information content (AvgIpc) is 3.27. The zero-order valence-electron chi connectivity index (χ0n) is 18.6. The highest BCUT2D eigenvalue weighted by Gasteiger charge is 2.23. The third-order valence-electron chi connectivity index (χ3n) is 6.54. The van der Waals surface area contributed by atoms with Crippen LogP contribution in [0.1, 0.15) is 12.8 Å². The molecule has 5 rings (SSSR count). The molecule has 2 atom stereocenters. The van der Waals surface area contributed by atoms with Crippen molar-refractivity contribution >= 4 is 38.8 Å². The normalized spacial score (nSPS) is 21.7. The summed E-state index contributed by atoms with van der Waals surface area (Å²) in [5, 5.41) is 11.8. The van der Waals surface area contributed by atoms with Crippen LogP contribution in [0, 0.1) is 5.82 Å². The van der Waals surface area contributed by atoms with Gasteiger partial charge in [0.2, 0.25) is 0 Å². The number of nitrogens with one attached hydrogen (secondary N) is 2. The Bertz CT molecular complexity index is 1110. The Morgan fingerprint density at radius 1 is 1.12 bits per heavy atom. The minimum atomic E-state index is -0.322. The van der Waals surface area contributed by atoms with E-state index in [1.807, 2.05) is 18.3 Å². The fourth-order valence-electron chi connectivity index (χ4n) is 4.63. The van der Waals surface area contributed by atoms with Crippen LogP contribution in [-0.4, -0.2) is 77.6 Å². The van der Waals surface area contributed by atoms with Gasteiger partial charge in [0.25, 0.3) is 0 Å². The number of piperazine rings is 1. The Labute approximate surface area is 191 Å². The van der Waals surface area contributed by atoms with E-state index in [-0.39, 0.29) is 22.5 Å². The minimum Gasteiger partial charge on any atom is -0.381 e. The number of rotatable bonds is 5. The first-order valence-electron chi connectivity index (χ1n) is 11.3. The summed E-state index contributed by atoms with van der Waals surface area (Å²) in [5.41, 5.74) is 2.81. The Kier molecular flexibility index (Phi) is 6.17. The molecule has 2 aromatic carbocycles. The number of anilines is 2. The van der Waals surface area contributed by atoms with Gasteiger partial charge in [-0.2, -0.15) is 5.10 Å². The molecule has 2 saturated heterocycles. The quantitative estimate of drug-likeness (QED) is 0.571. The van der Waals surface area contributed by atoms with Crippen LogP contribution < -0.4 is 10.2 Å². The van der Waals surface area contributed by atoms with Crippen molar-refractivity contribution in [1.82, 2.24) is 19.4 Å². The first kappa shape index (κ1) is 21.4. The Hall–Kier alpha value is -2.42. The zero-order valence-corrected chi connectivity index (χ0v) is 19.4. The second-order valence-corrected chi connectivity index (χ2v) is 10.5. The molecule has 0 spiro atoms. The molecule has 2 aliphatic heterocycles. The number of nitrogens with zero attached hydrogens (tertiary/aromatic N) is 4. The Morgan fingerprint density at radius 2 is 1.97 bits per heavy atom. The van der Waals surface area contributed by atoms with E-state index in [2.05, 4.69) is 60.7 Å². The molecule has 1 aromatic heterocycles. The van der Waals surface area contributed by atoms with Gasteiger partial charge in [0.15, 0.2) is 0 Å². The smallest absolute Gasteiger partial charge is 0.147 e. The second kappa shape index (κ2) is 9.21. The number of halogens is 1. The summed E-state index contributed by atoms with van der Waals surface area (Å²) in [5.74, 6) is 4.21. The SMILES string of the molecule is C=S(c1ccc(N2CCCC(Nc3ccc4[nH]ncc4c3)C2)c(F)c1)N1CCN(C)CC1. The summed E-state index contributed by atoms with van der Waals surface area (Å²) in [6.07, 6.45) is 3.95. The van der Waals surface area contributed by atoms with Crippen LogP contribution in [-0.2, 0) is 0 Å². The number of benzene rings is 2. The number of piperidine rings is 1. The van der Waals surface area contributed by atoms with E-state index in [4.69, 9.17) is 0 Å². The summed E-state index contributed by atoms with van der Waals surface area (Å²) in [6, 6.07) is 12.2. The highest BCUT2D eigenvalue weighted by Crippen LogP contribution is 2.34. The number of aromatic nitrogens is 2. The number of fused-ring (bicyclic) bond motifs is 1. The molecule has 3 heterocycles. The fraction of sp³-hybridized carbons (Fsp3) is 0.417. The van der Waals surface area contributed by atoms with Gasteiger partial charge in [-0.25, -0.2) is 4.39 Å². The molecule has 8 heteroatoms. The van der Waals surface area contributed by atoms with Gasteiger partial charge in [0.1, 0.15) is 5.82 Å². The lowest BCUT2D eigenvalue weighted by atomic mass is 10.0. The minimum absolute atomic E-state index is 0.141. The largest absolute Gasteiger partial charge is 0.381 e. The predicted molar refractivity (Wildman–Crippen MR) is 133 cm³/mol. The number of likely N-dealkylation sites (N-methyl/N-ethyl adjacent to an activating group) is 1. The van der Waals surface area contributed by atoms with Gasteiger partial charge in [-0.1, -0.05) is 16.5 Å². The third-order valence-corrected chi connectivity index (χ3v) is 8.32. The molecule has 3 aromatic rings. The van der Waals surface area contributed by atoms with Gasteiger partial charge >= 0.3 is 0 Å². The second-order valence-electron chi connectivity index (χ2n) is 8.81. The molecule has 32 heavy (non-hydrogen) atoms. The van der Waals surface area contributed by atoms with Crippen molar-refractivity contribution in [3.63, 3.8) is 0 Å². The van der Waals surface area contributed by atoms with Crippen molar-refractivity contribution in [3.8, 4) is 0 Å². The molecule has 0 amide bonds.